The van der Waals surface area contributed by atoms with Gasteiger partial charge in [-0.3, -0.25) is 4.79 Å². The maximum atomic E-state index is 13.9. The van der Waals surface area contributed by atoms with Crippen LogP contribution < -0.4 is 4.90 Å². The van der Waals surface area contributed by atoms with Crippen molar-refractivity contribution in [3.05, 3.63) is 23.1 Å². The van der Waals surface area contributed by atoms with Crippen LogP contribution in [-0.2, 0) is 9.53 Å². The SMILES string of the molecule is O=C(C1CCN(c2ncc(Cl)cc2F)CC1)N1CCOCC1. The second-order valence-electron chi connectivity index (χ2n) is 5.66. The van der Waals surface area contributed by atoms with Crippen LogP contribution in [0, 0.1) is 11.7 Å². The Morgan fingerprint density at radius 2 is 1.95 bits per heavy atom. The zero-order valence-corrected chi connectivity index (χ0v) is 13.1. The summed E-state index contributed by atoms with van der Waals surface area (Å²) in [5, 5.41) is 0.290. The number of carbonyl (C=O) groups is 1. The van der Waals surface area contributed by atoms with Crippen LogP contribution >= 0.6 is 11.6 Å². The van der Waals surface area contributed by atoms with Gasteiger partial charge in [0.05, 0.1) is 18.2 Å². The summed E-state index contributed by atoms with van der Waals surface area (Å²) in [5.74, 6) is 0.129. The van der Waals surface area contributed by atoms with Gasteiger partial charge in [0.15, 0.2) is 11.6 Å². The Labute approximate surface area is 134 Å². The molecule has 2 fully saturated rings. The van der Waals surface area contributed by atoms with E-state index >= 15 is 0 Å². The molecule has 1 aromatic rings. The van der Waals surface area contributed by atoms with E-state index in [-0.39, 0.29) is 11.8 Å². The van der Waals surface area contributed by atoms with Gasteiger partial charge in [0.2, 0.25) is 5.91 Å². The summed E-state index contributed by atoms with van der Waals surface area (Å²) in [4.78, 5) is 20.3. The first-order valence-corrected chi connectivity index (χ1v) is 7.95. The Morgan fingerprint density at radius 1 is 1.27 bits per heavy atom. The number of aromatic nitrogens is 1. The number of hydrogen-bond donors (Lipinski definition) is 0. The third-order valence-corrected chi connectivity index (χ3v) is 4.46. The average molecular weight is 328 g/mol. The third kappa shape index (κ3) is 3.33. The smallest absolute Gasteiger partial charge is 0.225 e. The van der Waals surface area contributed by atoms with Crippen molar-refractivity contribution < 1.29 is 13.9 Å². The minimum absolute atomic E-state index is 0.0183. The fraction of sp³-hybridized carbons (Fsp3) is 0.600. The Bertz CT molecular complexity index is 544. The van der Waals surface area contributed by atoms with Crippen LogP contribution in [0.3, 0.4) is 0 Å². The second kappa shape index (κ2) is 6.79. The van der Waals surface area contributed by atoms with Crippen LogP contribution in [0.1, 0.15) is 12.8 Å². The molecule has 0 bridgehead atoms. The summed E-state index contributed by atoms with van der Waals surface area (Å²) in [7, 11) is 0. The molecule has 5 nitrogen and oxygen atoms in total. The highest BCUT2D eigenvalue weighted by molar-refractivity contribution is 6.30. The number of amides is 1. The molecule has 3 rings (SSSR count). The van der Waals surface area contributed by atoms with Gasteiger partial charge in [0.1, 0.15) is 0 Å². The van der Waals surface area contributed by atoms with Crippen molar-refractivity contribution in [3.63, 3.8) is 0 Å². The van der Waals surface area contributed by atoms with Gasteiger partial charge in [-0.15, -0.1) is 0 Å². The zero-order valence-electron chi connectivity index (χ0n) is 12.3. The van der Waals surface area contributed by atoms with Gasteiger partial charge >= 0.3 is 0 Å². The summed E-state index contributed by atoms with van der Waals surface area (Å²) in [6.07, 6.45) is 2.89. The van der Waals surface area contributed by atoms with E-state index in [1.807, 2.05) is 9.80 Å². The maximum absolute atomic E-state index is 13.9. The minimum Gasteiger partial charge on any atom is -0.378 e. The number of ether oxygens (including phenoxy) is 1. The number of carbonyl (C=O) groups excluding carboxylic acids is 1. The van der Waals surface area contributed by atoms with Crippen molar-refractivity contribution in [2.24, 2.45) is 5.92 Å². The van der Waals surface area contributed by atoms with E-state index in [2.05, 4.69) is 4.98 Å². The monoisotopic (exact) mass is 327 g/mol. The van der Waals surface area contributed by atoms with Gasteiger partial charge in [-0.25, -0.2) is 9.37 Å². The molecule has 0 aliphatic carbocycles. The van der Waals surface area contributed by atoms with E-state index in [1.54, 1.807) is 0 Å². The van der Waals surface area contributed by atoms with E-state index in [9.17, 15) is 9.18 Å². The molecule has 0 saturated carbocycles. The molecule has 7 heteroatoms. The normalized spacial score (nSPS) is 20.3. The number of pyridine rings is 1. The molecule has 1 amide bonds. The van der Waals surface area contributed by atoms with Gasteiger partial charge in [0.25, 0.3) is 0 Å². The summed E-state index contributed by atoms with van der Waals surface area (Å²) in [6, 6.07) is 1.27. The first kappa shape index (κ1) is 15.5. The molecular weight excluding hydrogens is 309 g/mol. The first-order chi connectivity index (χ1) is 10.6. The van der Waals surface area contributed by atoms with Gasteiger partial charge < -0.3 is 14.5 Å². The molecule has 0 atom stereocenters. The van der Waals surface area contributed by atoms with Crippen LogP contribution in [0.25, 0.3) is 0 Å². The Morgan fingerprint density at radius 3 is 2.59 bits per heavy atom. The number of nitrogens with zero attached hydrogens (tertiary/aromatic N) is 3. The number of halogens is 2. The largest absolute Gasteiger partial charge is 0.378 e. The lowest BCUT2D eigenvalue weighted by Gasteiger charge is -2.36. The highest BCUT2D eigenvalue weighted by Crippen LogP contribution is 2.26. The van der Waals surface area contributed by atoms with Gasteiger partial charge in [0, 0.05) is 38.3 Å². The van der Waals surface area contributed by atoms with Crippen LogP contribution in [0.4, 0.5) is 10.2 Å². The molecule has 0 aromatic carbocycles. The Hall–Kier alpha value is -1.40. The minimum atomic E-state index is -0.412. The first-order valence-electron chi connectivity index (χ1n) is 7.57. The summed E-state index contributed by atoms with van der Waals surface area (Å²) in [5.41, 5.74) is 0. The predicted molar refractivity (Wildman–Crippen MR) is 81.5 cm³/mol. The number of morpholine rings is 1. The topological polar surface area (TPSA) is 45.7 Å². The number of anilines is 1. The van der Waals surface area contributed by atoms with Crippen molar-refractivity contribution in [2.75, 3.05) is 44.3 Å². The third-order valence-electron chi connectivity index (χ3n) is 4.25. The summed E-state index contributed by atoms with van der Waals surface area (Å²) in [6.45, 7) is 3.84. The van der Waals surface area contributed by atoms with Gasteiger partial charge in [-0.2, -0.15) is 0 Å². The van der Waals surface area contributed by atoms with Crippen molar-refractivity contribution in [1.29, 1.82) is 0 Å². The molecule has 2 saturated heterocycles. The highest BCUT2D eigenvalue weighted by Gasteiger charge is 2.30. The number of piperidine rings is 1. The standard InChI is InChI=1S/C15H19ClFN3O2/c16-12-9-13(17)14(18-10-12)19-3-1-11(2-4-19)15(21)20-5-7-22-8-6-20/h9-11H,1-8H2. The molecule has 2 aliphatic heterocycles. The summed E-state index contributed by atoms with van der Waals surface area (Å²) < 4.78 is 19.2. The lowest BCUT2D eigenvalue weighted by atomic mass is 9.95. The van der Waals surface area contributed by atoms with Crippen LogP contribution in [0.15, 0.2) is 12.3 Å². The Kier molecular flexibility index (Phi) is 4.78. The molecule has 22 heavy (non-hydrogen) atoms. The molecule has 0 N–H and O–H groups in total. The van der Waals surface area contributed by atoms with Crippen molar-refractivity contribution in [1.82, 2.24) is 9.88 Å². The fourth-order valence-electron chi connectivity index (χ4n) is 3.02. The van der Waals surface area contributed by atoms with Crippen molar-refractivity contribution >= 4 is 23.3 Å². The molecule has 3 heterocycles. The van der Waals surface area contributed by atoms with E-state index < -0.39 is 5.82 Å². The summed E-state index contributed by atoms with van der Waals surface area (Å²) >= 11 is 5.73. The lowest BCUT2D eigenvalue weighted by molar-refractivity contribution is -0.140. The number of hydrogen-bond acceptors (Lipinski definition) is 4. The van der Waals surface area contributed by atoms with Crippen LogP contribution in [0.5, 0.6) is 0 Å². The molecule has 2 aliphatic rings. The fourth-order valence-corrected chi connectivity index (χ4v) is 3.16. The van der Waals surface area contributed by atoms with E-state index in [0.717, 1.165) is 12.8 Å². The zero-order chi connectivity index (χ0) is 15.5. The Balaban J connectivity index is 1.59. The van der Waals surface area contributed by atoms with Crippen molar-refractivity contribution in [2.45, 2.75) is 12.8 Å². The van der Waals surface area contributed by atoms with Gasteiger partial charge in [-0.1, -0.05) is 11.6 Å². The molecule has 0 unspecified atom stereocenters. The molecule has 0 radical (unpaired) electrons. The van der Waals surface area contributed by atoms with E-state index in [4.69, 9.17) is 16.3 Å². The molecule has 1 aromatic heterocycles. The average Bonchev–Trinajstić information content (AvgIpc) is 2.55. The second-order valence-corrected chi connectivity index (χ2v) is 6.09. The van der Waals surface area contributed by atoms with Crippen molar-refractivity contribution in [3.8, 4) is 0 Å². The maximum Gasteiger partial charge on any atom is 0.225 e. The predicted octanol–water partition coefficient (Wildman–Crippen LogP) is 1.95. The van der Waals surface area contributed by atoms with Crippen LogP contribution in [0.2, 0.25) is 5.02 Å². The van der Waals surface area contributed by atoms with E-state index in [1.165, 1.54) is 12.3 Å². The van der Waals surface area contributed by atoms with E-state index in [0.29, 0.717) is 50.2 Å². The van der Waals surface area contributed by atoms with Crippen LogP contribution in [-0.4, -0.2) is 55.2 Å². The molecular formula is C15H19ClFN3O2. The molecule has 0 spiro atoms. The van der Waals surface area contributed by atoms with Gasteiger partial charge in [-0.05, 0) is 18.9 Å². The lowest BCUT2D eigenvalue weighted by Crippen LogP contribution is -2.47. The highest BCUT2D eigenvalue weighted by atomic mass is 35.5. The quantitative estimate of drug-likeness (QED) is 0.833. The molecule has 120 valence electrons. The number of rotatable bonds is 2.